The number of nitrogens with one attached hydrogen (secondary N) is 3. The van der Waals surface area contributed by atoms with Crippen molar-refractivity contribution in [3.8, 4) is 5.75 Å². The average molecular weight is 385 g/mol. The van der Waals surface area contributed by atoms with Gasteiger partial charge in [-0.05, 0) is 38.1 Å². The lowest BCUT2D eigenvalue weighted by Gasteiger charge is -2.17. The van der Waals surface area contributed by atoms with Gasteiger partial charge in [-0.25, -0.2) is 9.97 Å². The highest BCUT2D eigenvalue weighted by atomic mass is 16.5. The largest absolute Gasteiger partial charge is 0.493 e. The van der Waals surface area contributed by atoms with E-state index in [0.29, 0.717) is 35.2 Å². The Morgan fingerprint density at radius 2 is 1.93 bits per heavy atom. The van der Waals surface area contributed by atoms with Crippen LogP contribution in [-0.4, -0.2) is 35.4 Å². The monoisotopic (exact) mass is 385 g/mol. The van der Waals surface area contributed by atoms with Crippen molar-refractivity contribution in [3.63, 3.8) is 0 Å². The van der Waals surface area contributed by atoms with E-state index in [0.717, 1.165) is 0 Å². The number of aromatic nitrogens is 2. The molecule has 0 aliphatic heterocycles. The van der Waals surface area contributed by atoms with Gasteiger partial charge in [-0.1, -0.05) is 13.8 Å². The molecular formula is C20H27N5O3. The number of ether oxygens (including phenoxy) is 1. The lowest BCUT2D eigenvalue weighted by Crippen LogP contribution is -2.28. The predicted molar refractivity (Wildman–Crippen MR) is 109 cm³/mol. The number of hydrogen-bond donors (Lipinski definition) is 3. The normalized spacial score (nSPS) is 11.6. The molecule has 0 radical (unpaired) electrons. The molecule has 1 unspecified atom stereocenters. The Bertz CT molecular complexity index is 838. The zero-order chi connectivity index (χ0) is 20.7. The van der Waals surface area contributed by atoms with Crippen LogP contribution in [0.4, 0.5) is 11.6 Å². The second-order valence-corrected chi connectivity index (χ2v) is 6.54. The summed E-state index contributed by atoms with van der Waals surface area (Å²) in [6, 6.07) is 6.42. The first-order valence-electron chi connectivity index (χ1n) is 9.25. The topological polar surface area (TPSA) is 105 Å². The van der Waals surface area contributed by atoms with Gasteiger partial charge in [0.1, 0.15) is 5.75 Å². The summed E-state index contributed by atoms with van der Waals surface area (Å²) in [5.41, 5.74) is 1.56. The van der Waals surface area contributed by atoms with Crippen molar-refractivity contribution in [2.24, 2.45) is 5.92 Å². The molecule has 2 amide bonds. The van der Waals surface area contributed by atoms with Gasteiger partial charge in [0.15, 0.2) is 0 Å². The Kier molecular flexibility index (Phi) is 7.31. The molecule has 1 atom stereocenters. The fourth-order valence-electron chi connectivity index (χ4n) is 2.44. The van der Waals surface area contributed by atoms with Crippen LogP contribution in [-0.2, 0) is 4.79 Å². The molecule has 8 nitrogen and oxygen atoms in total. The number of anilines is 2. The van der Waals surface area contributed by atoms with Crippen LogP contribution in [0.25, 0.3) is 0 Å². The maximum Gasteiger partial charge on any atom is 0.255 e. The van der Waals surface area contributed by atoms with Crippen LogP contribution in [0.5, 0.6) is 5.75 Å². The summed E-state index contributed by atoms with van der Waals surface area (Å²) in [6.07, 6.45) is 1.63. The molecule has 150 valence electrons. The number of benzene rings is 1. The van der Waals surface area contributed by atoms with Crippen molar-refractivity contribution >= 4 is 23.5 Å². The first-order chi connectivity index (χ1) is 13.3. The average Bonchev–Trinajstić information content (AvgIpc) is 2.69. The Morgan fingerprint density at radius 3 is 2.57 bits per heavy atom. The third-order valence-electron chi connectivity index (χ3n) is 4.01. The van der Waals surface area contributed by atoms with Crippen LogP contribution in [0.3, 0.4) is 0 Å². The quantitative estimate of drug-likeness (QED) is 0.645. The van der Waals surface area contributed by atoms with E-state index < -0.39 is 0 Å². The van der Waals surface area contributed by atoms with Gasteiger partial charge in [-0.15, -0.1) is 0 Å². The lowest BCUT2D eigenvalue weighted by atomic mass is 10.1. The maximum atomic E-state index is 12.9. The zero-order valence-corrected chi connectivity index (χ0v) is 16.9. The van der Waals surface area contributed by atoms with Gasteiger partial charge in [0, 0.05) is 24.8 Å². The van der Waals surface area contributed by atoms with Crippen LogP contribution >= 0.6 is 0 Å². The Labute approximate surface area is 165 Å². The molecule has 8 heteroatoms. The Hall–Kier alpha value is -3.16. The summed E-state index contributed by atoms with van der Waals surface area (Å²) in [5.74, 6) is 0.328. The molecule has 1 heterocycles. The minimum absolute atomic E-state index is 0.121. The van der Waals surface area contributed by atoms with Gasteiger partial charge in [0.05, 0.1) is 23.9 Å². The molecule has 0 aliphatic rings. The van der Waals surface area contributed by atoms with E-state index in [9.17, 15) is 9.59 Å². The van der Waals surface area contributed by atoms with E-state index in [2.05, 4.69) is 25.9 Å². The van der Waals surface area contributed by atoms with Crippen molar-refractivity contribution in [2.75, 3.05) is 24.3 Å². The van der Waals surface area contributed by atoms with E-state index in [1.807, 2.05) is 13.8 Å². The predicted octanol–water partition coefficient (Wildman–Crippen LogP) is 3.00. The number of carbonyl (C=O) groups excluding carboxylic acids is 2. The van der Waals surface area contributed by atoms with Gasteiger partial charge >= 0.3 is 0 Å². The van der Waals surface area contributed by atoms with E-state index >= 15 is 0 Å². The number of nitrogens with zero attached hydrogens (tertiary/aromatic N) is 2. The molecule has 3 N–H and O–H groups in total. The molecule has 1 aromatic heterocycles. The third-order valence-corrected chi connectivity index (χ3v) is 4.01. The number of hydrogen-bond acceptors (Lipinski definition) is 6. The smallest absolute Gasteiger partial charge is 0.255 e. The molecule has 2 aromatic rings. The SMILES string of the molecule is CCOc1ccc(NC(=O)C(C)C)cc1C(=O)NC(C)c1ccnc(NC)n1. The highest BCUT2D eigenvalue weighted by molar-refractivity contribution is 6.00. The highest BCUT2D eigenvalue weighted by Gasteiger charge is 2.18. The molecular weight excluding hydrogens is 358 g/mol. The van der Waals surface area contributed by atoms with Crippen molar-refractivity contribution < 1.29 is 14.3 Å². The molecule has 0 aliphatic carbocycles. The van der Waals surface area contributed by atoms with Crippen LogP contribution in [0.15, 0.2) is 30.5 Å². The van der Waals surface area contributed by atoms with Crippen LogP contribution in [0, 0.1) is 5.92 Å². The van der Waals surface area contributed by atoms with Gasteiger partial charge < -0.3 is 20.7 Å². The fraction of sp³-hybridized carbons (Fsp3) is 0.400. The van der Waals surface area contributed by atoms with E-state index in [1.54, 1.807) is 51.4 Å². The molecule has 28 heavy (non-hydrogen) atoms. The summed E-state index contributed by atoms with van der Waals surface area (Å²) in [7, 11) is 1.73. The van der Waals surface area contributed by atoms with Gasteiger partial charge in [-0.3, -0.25) is 9.59 Å². The highest BCUT2D eigenvalue weighted by Crippen LogP contribution is 2.24. The van der Waals surface area contributed by atoms with E-state index in [4.69, 9.17) is 4.74 Å². The minimum atomic E-state index is -0.342. The van der Waals surface area contributed by atoms with Crippen LogP contribution in [0.2, 0.25) is 0 Å². The van der Waals surface area contributed by atoms with E-state index in [-0.39, 0.29) is 23.8 Å². The molecule has 1 aromatic carbocycles. The van der Waals surface area contributed by atoms with Gasteiger partial charge in [-0.2, -0.15) is 0 Å². The van der Waals surface area contributed by atoms with Gasteiger partial charge in [0.2, 0.25) is 11.9 Å². The maximum absolute atomic E-state index is 12.9. The number of amides is 2. The molecule has 0 fully saturated rings. The molecule has 2 rings (SSSR count). The lowest BCUT2D eigenvalue weighted by molar-refractivity contribution is -0.118. The molecule has 0 spiro atoms. The fourth-order valence-corrected chi connectivity index (χ4v) is 2.44. The molecule has 0 saturated heterocycles. The van der Waals surface area contributed by atoms with Crippen LogP contribution in [0.1, 0.15) is 49.8 Å². The van der Waals surface area contributed by atoms with Crippen molar-refractivity contribution in [3.05, 3.63) is 41.7 Å². The second-order valence-electron chi connectivity index (χ2n) is 6.54. The standard InChI is InChI=1S/C20H27N5O3/c1-6-28-17-8-7-14(24-18(26)12(2)3)11-15(17)19(27)23-13(4)16-9-10-22-20(21-5)25-16/h7-13H,6H2,1-5H3,(H,23,27)(H,24,26)(H,21,22,25). The first kappa shape index (κ1) is 21.1. The van der Waals surface area contributed by atoms with E-state index in [1.165, 1.54) is 0 Å². The second kappa shape index (κ2) is 9.68. The Balaban J connectivity index is 2.24. The zero-order valence-electron chi connectivity index (χ0n) is 16.9. The Morgan fingerprint density at radius 1 is 1.18 bits per heavy atom. The van der Waals surface area contributed by atoms with Crippen molar-refractivity contribution in [2.45, 2.75) is 33.7 Å². The number of rotatable bonds is 8. The van der Waals surface area contributed by atoms with Crippen LogP contribution < -0.4 is 20.7 Å². The summed E-state index contributed by atoms with van der Waals surface area (Å²) in [6.45, 7) is 7.72. The van der Waals surface area contributed by atoms with Gasteiger partial charge in [0.25, 0.3) is 5.91 Å². The number of carbonyl (C=O) groups is 2. The summed E-state index contributed by atoms with van der Waals surface area (Å²) in [4.78, 5) is 33.3. The minimum Gasteiger partial charge on any atom is -0.493 e. The van der Waals surface area contributed by atoms with Crippen molar-refractivity contribution in [1.29, 1.82) is 0 Å². The molecule has 0 saturated carbocycles. The molecule has 0 bridgehead atoms. The summed E-state index contributed by atoms with van der Waals surface area (Å²) < 4.78 is 5.58. The first-order valence-corrected chi connectivity index (χ1v) is 9.25. The third kappa shape index (κ3) is 5.42. The summed E-state index contributed by atoms with van der Waals surface area (Å²) >= 11 is 0. The summed E-state index contributed by atoms with van der Waals surface area (Å²) in [5, 5.41) is 8.59. The van der Waals surface area contributed by atoms with Crippen molar-refractivity contribution in [1.82, 2.24) is 15.3 Å².